The van der Waals surface area contributed by atoms with Crippen molar-refractivity contribution < 1.29 is 24.1 Å². The summed E-state index contributed by atoms with van der Waals surface area (Å²) in [5, 5.41) is 11.5. The second-order valence-electron chi connectivity index (χ2n) is 13.0. The number of aromatic nitrogens is 1. The molecule has 4 heterocycles. The number of thiazole rings is 1. The molecular formula is C38H45N5O5S. The Morgan fingerprint density at radius 3 is 2.31 bits per heavy atom. The number of aliphatic imine (C=N–C) groups is 1. The Morgan fingerprint density at radius 2 is 1.59 bits per heavy atom. The largest absolute Gasteiger partial charge is 0.504 e. The van der Waals surface area contributed by atoms with E-state index in [0.717, 1.165) is 105 Å². The highest BCUT2D eigenvalue weighted by molar-refractivity contribution is 7.21. The standard InChI is InChI=1S/C38H45N5O5S/c1-46-34-24-29-31(39-26-28-9-8-16-43(28)38(29)45)25-35(34)48-22-7-5-15-42-19-17-41(18-20-42)14-4-6-21-47-33-13-12-27(23-32(33)44)37-40-30-10-2-3-11-36(30)49-37/h2-3,10-13,23-26,28,44H,4-9,14-22H2,1H3. The number of ether oxygens (including phenoxy) is 3. The Kier molecular flexibility index (Phi) is 10.6. The molecule has 3 aromatic carbocycles. The van der Waals surface area contributed by atoms with Crippen LogP contribution in [0.15, 0.2) is 59.6 Å². The zero-order valence-electron chi connectivity index (χ0n) is 28.2. The van der Waals surface area contributed by atoms with E-state index in [1.807, 2.05) is 47.5 Å². The molecule has 1 N–H and O–H groups in total. The Balaban J connectivity index is 0.770. The molecule has 1 amide bonds. The van der Waals surface area contributed by atoms with Gasteiger partial charge in [0.05, 0.1) is 47.8 Å². The number of fused-ring (bicyclic) bond motifs is 3. The number of carbonyl (C=O) groups is 1. The number of phenols is 1. The summed E-state index contributed by atoms with van der Waals surface area (Å²) in [6, 6.07) is 17.3. The predicted molar refractivity (Wildman–Crippen MR) is 194 cm³/mol. The van der Waals surface area contributed by atoms with E-state index in [-0.39, 0.29) is 17.7 Å². The van der Waals surface area contributed by atoms with Crippen molar-refractivity contribution in [2.75, 3.05) is 66.1 Å². The van der Waals surface area contributed by atoms with Crippen molar-refractivity contribution in [1.82, 2.24) is 19.7 Å². The minimum atomic E-state index is 0.0225. The van der Waals surface area contributed by atoms with Crippen molar-refractivity contribution in [3.05, 3.63) is 60.2 Å². The van der Waals surface area contributed by atoms with Gasteiger partial charge in [0.1, 0.15) is 5.01 Å². The highest BCUT2D eigenvalue weighted by atomic mass is 32.1. The number of benzene rings is 3. The van der Waals surface area contributed by atoms with Gasteiger partial charge in [0.2, 0.25) is 0 Å². The van der Waals surface area contributed by atoms with E-state index in [1.165, 1.54) is 0 Å². The molecule has 258 valence electrons. The lowest BCUT2D eigenvalue weighted by Crippen LogP contribution is -2.46. The average Bonchev–Trinajstić information content (AvgIpc) is 3.76. The molecule has 0 saturated carbocycles. The fraction of sp³-hybridized carbons (Fsp3) is 0.447. The van der Waals surface area contributed by atoms with E-state index in [1.54, 1.807) is 30.6 Å². The van der Waals surface area contributed by atoms with E-state index in [4.69, 9.17) is 14.2 Å². The quantitative estimate of drug-likeness (QED) is 0.148. The number of hydrogen-bond donors (Lipinski definition) is 1. The van der Waals surface area contributed by atoms with Gasteiger partial charge in [-0.15, -0.1) is 11.3 Å². The molecule has 1 aromatic heterocycles. The van der Waals surface area contributed by atoms with Crippen molar-refractivity contribution in [2.24, 2.45) is 4.99 Å². The summed E-state index contributed by atoms with van der Waals surface area (Å²) in [4.78, 5) is 29.4. The van der Waals surface area contributed by atoms with Gasteiger partial charge in [0, 0.05) is 50.6 Å². The van der Waals surface area contributed by atoms with E-state index >= 15 is 0 Å². The molecule has 3 aliphatic rings. The maximum absolute atomic E-state index is 13.1. The monoisotopic (exact) mass is 683 g/mol. The van der Waals surface area contributed by atoms with Crippen LogP contribution >= 0.6 is 11.3 Å². The van der Waals surface area contributed by atoms with Crippen LogP contribution in [0, 0.1) is 0 Å². The number of aromatic hydroxyl groups is 1. The van der Waals surface area contributed by atoms with Crippen molar-refractivity contribution in [3.8, 4) is 33.6 Å². The molecular weight excluding hydrogens is 639 g/mol. The second kappa shape index (κ2) is 15.6. The van der Waals surface area contributed by atoms with Crippen LogP contribution in [0.3, 0.4) is 0 Å². The second-order valence-corrected chi connectivity index (χ2v) is 14.0. The van der Waals surface area contributed by atoms with Crippen molar-refractivity contribution >= 4 is 39.4 Å². The van der Waals surface area contributed by atoms with Crippen LogP contribution in [-0.2, 0) is 0 Å². The molecule has 0 spiro atoms. The van der Waals surface area contributed by atoms with Crippen LogP contribution in [0.2, 0.25) is 0 Å². The minimum Gasteiger partial charge on any atom is -0.504 e. The number of carbonyl (C=O) groups excluding carboxylic acids is 1. The van der Waals surface area contributed by atoms with Crippen molar-refractivity contribution in [2.45, 2.75) is 44.6 Å². The first-order valence-corrected chi connectivity index (χ1v) is 18.3. The van der Waals surface area contributed by atoms with Gasteiger partial charge >= 0.3 is 0 Å². The maximum Gasteiger partial charge on any atom is 0.256 e. The van der Waals surface area contributed by atoms with Gasteiger partial charge in [-0.2, -0.15) is 0 Å². The molecule has 0 aliphatic carbocycles. The van der Waals surface area contributed by atoms with Gasteiger partial charge in [-0.3, -0.25) is 9.79 Å². The third-order valence-electron chi connectivity index (χ3n) is 9.68. The van der Waals surface area contributed by atoms with E-state index in [2.05, 4.69) is 25.8 Å². The lowest BCUT2D eigenvalue weighted by Gasteiger charge is -2.34. The molecule has 7 rings (SSSR count). The van der Waals surface area contributed by atoms with Crippen molar-refractivity contribution in [1.29, 1.82) is 0 Å². The normalized spacial score (nSPS) is 18.0. The molecule has 10 nitrogen and oxygen atoms in total. The third kappa shape index (κ3) is 7.84. The summed E-state index contributed by atoms with van der Waals surface area (Å²) in [5.74, 6) is 1.92. The van der Waals surface area contributed by atoms with Crippen LogP contribution in [0.4, 0.5) is 5.69 Å². The molecule has 4 aromatic rings. The Morgan fingerprint density at radius 1 is 0.857 bits per heavy atom. The number of phenolic OH excluding ortho intramolecular Hbond substituents is 1. The number of para-hydroxylation sites is 1. The Hall–Kier alpha value is -4.19. The van der Waals surface area contributed by atoms with Gasteiger partial charge in [0.25, 0.3) is 5.91 Å². The van der Waals surface area contributed by atoms with E-state index < -0.39 is 0 Å². The number of unbranched alkanes of at least 4 members (excludes halogenated alkanes) is 2. The summed E-state index contributed by atoms with van der Waals surface area (Å²) in [7, 11) is 1.61. The molecule has 2 fully saturated rings. The molecule has 3 aliphatic heterocycles. The first-order chi connectivity index (χ1) is 24.1. The maximum atomic E-state index is 13.1. The average molecular weight is 684 g/mol. The minimum absolute atomic E-state index is 0.0225. The molecule has 49 heavy (non-hydrogen) atoms. The van der Waals surface area contributed by atoms with Gasteiger partial charge < -0.3 is 34.0 Å². The fourth-order valence-electron chi connectivity index (χ4n) is 6.86. The zero-order valence-corrected chi connectivity index (χ0v) is 29.0. The molecule has 1 atom stereocenters. The molecule has 1 unspecified atom stereocenters. The molecule has 2 saturated heterocycles. The number of hydrogen-bond acceptors (Lipinski definition) is 10. The number of methoxy groups -OCH3 is 1. The zero-order chi connectivity index (χ0) is 33.6. The third-order valence-corrected chi connectivity index (χ3v) is 10.8. The first kappa shape index (κ1) is 33.3. The summed E-state index contributed by atoms with van der Waals surface area (Å²) < 4.78 is 18.8. The number of nitrogens with zero attached hydrogens (tertiary/aromatic N) is 5. The van der Waals surface area contributed by atoms with E-state index in [9.17, 15) is 9.90 Å². The highest BCUT2D eigenvalue weighted by Gasteiger charge is 2.32. The Bertz CT molecular complexity index is 1750. The SMILES string of the molecule is COc1cc2c(cc1OCCCCN1CCN(CCCCOc3ccc(-c4nc5ccccc5s4)cc3O)CC1)N=CC1CCCN1C2=O. The Labute approximate surface area is 291 Å². The smallest absolute Gasteiger partial charge is 0.256 e. The van der Waals surface area contributed by atoms with Gasteiger partial charge in [0.15, 0.2) is 23.0 Å². The van der Waals surface area contributed by atoms with Gasteiger partial charge in [-0.05, 0) is 88.0 Å². The number of amides is 1. The summed E-state index contributed by atoms with van der Waals surface area (Å²) in [5.41, 5.74) is 3.11. The summed E-state index contributed by atoms with van der Waals surface area (Å²) in [6.45, 7) is 8.38. The summed E-state index contributed by atoms with van der Waals surface area (Å²) in [6.07, 6.45) is 7.89. The van der Waals surface area contributed by atoms with E-state index in [0.29, 0.717) is 41.7 Å². The van der Waals surface area contributed by atoms with Crippen LogP contribution in [0.25, 0.3) is 20.8 Å². The van der Waals surface area contributed by atoms with Crippen LogP contribution < -0.4 is 14.2 Å². The number of rotatable bonds is 14. The fourth-order valence-corrected chi connectivity index (χ4v) is 7.83. The van der Waals surface area contributed by atoms with Crippen molar-refractivity contribution in [3.63, 3.8) is 0 Å². The highest BCUT2D eigenvalue weighted by Crippen LogP contribution is 2.38. The van der Waals surface area contributed by atoms with Gasteiger partial charge in [-0.25, -0.2) is 4.98 Å². The van der Waals surface area contributed by atoms with Gasteiger partial charge in [-0.1, -0.05) is 12.1 Å². The van der Waals surface area contributed by atoms with Crippen LogP contribution in [-0.4, -0.2) is 109 Å². The lowest BCUT2D eigenvalue weighted by atomic mass is 10.1. The van der Waals surface area contributed by atoms with Crippen LogP contribution in [0.5, 0.6) is 23.0 Å². The topological polar surface area (TPSA) is 100.0 Å². The van der Waals surface area contributed by atoms with Crippen LogP contribution in [0.1, 0.15) is 48.9 Å². The molecule has 11 heteroatoms. The molecule has 0 radical (unpaired) electrons. The first-order valence-electron chi connectivity index (χ1n) is 17.5. The summed E-state index contributed by atoms with van der Waals surface area (Å²) >= 11 is 1.62. The number of piperazine rings is 1. The predicted octanol–water partition coefficient (Wildman–Crippen LogP) is 6.63. The lowest BCUT2D eigenvalue weighted by molar-refractivity contribution is 0.0774. The molecule has 0 bridgehead atoms.